The summed E-state index contributed by atoms with van der Waals surface area (Å²) in [6.07, 6.45) is 6.66. The Morgan fingerprint density at radius 2 is 1.32 bits per heavy atom. The van der Waals surface area contributed by atoms with Crippen LogP contribution in [0.5, 0.6) is 0 Å². The van der Waals surface area contributed by atoms with E-state index < -0.39 is 11.6 Å². The molecule has 1 aromatic carbocycles. The Labute approximate surface area is 112 Å². The number of benzene rings is 1. The van der Waals surface area contributed by atoms with E-state index in [1.807, 2.05) is 0 Å². The third-order valence-corrected chi connectivity index (χ3v) is 5.42. The predicted octanol–water partition coefficient (Wildman–Crippen LogP) is 4.20. The van der Waals surface area contributed by atoms with Crippen molar-refractivity contribution < 1.29 is 8.78 Å². The third-order valence-electron chi connectivity index (χ3n) is 5.42. The van der Waals surface area contributed by atoms with Crippen LogP contribution in [0.25, 0.3) is 0 Å². The minimum atomic E-state index is -0.494. The van der Waals surface area contributed by atoms with Crippen molar-refractivity contribution in [2.45, 2.75) is 38.1 Å². The monoisotopic (exact) mass is 263 g/mol. The molecular weight excluding hydrogens is 244 g/mol. The first-order chi connectivity index (χ1) is 9.17. The van der Waals surface area contributed by atoms with E-state index in [0.29, 0.717) is 23.6 Å². The van der Waals surface area contributed by atoms with E-state index in [-0.39, 0.29) is 0 Å². The number of anilines is 1. The highest BCUT2D eigenvalue weighted by Gasteiger charge is 2.48. The van der Waals surface area contributed by atoms with Crippen molar-refractivity contribution >= 4 is 5.69 Å². The molecule has 3 heteroatoms. The molecule has 1 aromatic rings. The lowest BCUT2D eigenvalue weighted by molar-refractivity contribution is 0.00752. The molecule has 102 valence electrons. The highest BCUT2D eigenvalue weighted by molar-refractivity contribution is 5.45. The van der Waals surface area contributed by atoms with Gasteiger partial charge in [-0.3, -0.25) is 0 Å². The summed E-state index contributed by atoms with van der Waals surface area (Å²) in [6.45, 7) is 0. The molecule has 0 saturated heterocycles. The molecular formula is C16H19F2N. The van der Waals surface area contributed by atoms with Crippen LogP contribution in [-0.4, -0.2) is 6.04 Å². The van der Waals surface area contributed by atoms with Crippen molar-refractivity contribution in [3.8, 4) is 0 Å². The van der Waals surface area contributed by atoms with Gasteiger partial charge in [0.1, 0.15) is 11.6 Å². The van der Waals surface area contributed by atoms with Crippen LogP contribution < -0.4 is 5.32 Å². The average molecular weight is 263 g/mol. The Hall–Kier alpha value is -1.12. The predicted molar refractivity (Wildman–Crippen MR) is 70.8 cm³/mol. The lowest BCUT2D eigenvalue weighted by Crippen LogP contribution is -2.51. The van der Waals surface area contributed by atoms with Gasteiger partial charge in [0.15, 0.2) is 0 Å². The molecule has 0 heterocycles. The molecule has 4 aliphatic carbocycles. The molecule has 4 fully saturated rings. The van der Waals surface area contributed by atoms with Crippen LogP contribution in [0.15, 0.2) is 18.2 Å². The van der Waals surface area contributed by atoms with Crippen LogP contribution in [0, 0.1) is 35.3 Å². The van der Waals surface area contributed by atoms with Crippen LogP contribution in [0.2, 0.25) is 0 Å². The van der Waals surface area contributed by atoms with Gasteiger partial charge < -0.3 is 5.32 Å². The Morgan fingerprint density at radius 1 is 0.789 bits per heavy atom. The van der Waals surface area contributed by atoms with Crippen molar-refractivity contribution in [2.24, 2.45) is 23.7 Å². The lowest BCUT2D eigenvalue weighted by atomic mass is 9.54. The first kappa shape index (κ1) is 11.7. The average Bonchev–Trinajstić information content (AvgIpc) is 2.31. The molecule has 1 N–H and O–H groups in total. The van der Waals surface area contributed by atoms with Crippen LogP contribution in [-0.2, 0) is 0 Å². The molecule has 0 radical (unpaired) electrons. The summed E-state index contributed by atoms with van der Waals surface area (Å²) in [7, 11) is 0. The van der Waals surface area contributed by atoms with Crippen LogP contribution in [0.3, 0.4) is 0 Å². The van der Waals surface area contributed by atoms with Gasteiger partial charge in [-0.05, 0) is 67.9 Å². The molecule has 4 aliphatic rings. The van der Waals surface area contributed by atoms with Crippen LogP contribution in [0.4, 0.5) is 14.5 Å². The largest absolute Gasteiger partial charge is 0.382 e. The quantitative estimate of drug-likeness (QED) is 0.843. The van der Waals surface area contributed by atoms with Crippen molar-refractivity contribution in [3.63, 3.8) is 0 Å². The van der Waals surface area contributed by atoms with Gasteiger partial charge in [0, 0.05) is 17.8 Å². The van der Waals surface area contributed by atoms with Gasteiger partial charge in [-0.2, -0.15) is 0 Å². The summed E-state index contributed by atoms with van der Waals surface area (Å²) in [6, 6.07) is 4.18. The number of hydrogen-bond acceptors (Lipinski definition) is 1. The van der Waals surface area contributed by atoms with E-state index >= 15 is 0 Å². The minimum absolute atomic E-state index is 0.425. The third kappa shape index (κ3) is 2.03. The van der Waals surface area contributed by atoms with E-state index in [2.05, 4.69) is 5.32 Å². The molecule has 1 nitrogen and oxygen atoms in total. The number of hydrogen-bond donors (Lipinski definition) is 1. The van der Waals surface area contributed by atoms with Gasteiger partial charge in [0.25, 0.3) is 0 Å². The van der Waals surface area contributed by atoms with Crippen molar-refractivity contribution in [1.82, 2.24) is 0 Å². The fourth-order valence-electron chi connectivity index (χ4n) is 4.99. The van der Waals surface area contributed by atoms with E-state index in [4.69, 9.17) is 0 Å². The Kier molecular flexibility index (Phi) is 2.58. The zero-order chi connectivity index (χ0) is 13.0. The molecule has 0 aliphatic heterocycles. The molecule has 4 bridgehead atoms. The number of nitrogens with one attached hydrogen (secondary N) is 1. The van der Waals surface area contributed by atoms with Gasteiger partial charge >= 0.3 is 0 Å². The van der Waals surface area contributed by atoms with E-state index in [0.717, 1.165) is 17.9 Å². The Bertz CT molecular complexity index is 451. The second-order valence-corrected chi connectivity index (χ2v) is 6.76. The SMILES string of the molecule is Fc1cc(F)cc(NC2C3CC4CC(C3)CC2C4)c1. The van der Waals surface area contributed by atoms with Crippen molar-refractivity contribution in [3.05, 3.63) is 29.8 Å². The summed E-state index contributed by atoms with van der Waals surface area (Å²) >= 11 is 0. The highest BCUT2D eigenvalue weighted by atomic mass is 19.1. The first-order valence-corrected chi connectivity index (χ1v) is 7.40. The van der Waals surface area contributed by atoms with E-state index in [9.17, 15) is 8.78 Å². The van der Waals surface area contributed by atoms with Gasteiger partial charge in [-0.15, -0.1) is 0 Å². The normalized spacial score (nSPS) is 39.6. The summed E-state index contributed by atoms with van der Waals surface area (Å²) in [5.41, 5.74) is 0.606. The molecule has 4 saturated carbocycles. The topological polar surface area (TPSA) is 12.0 Å². The summed E-state index contributed by atoms with van der Waals surface area (Å²) < 4.78 is 26.5. The standard InChI is InChI=1S/C16H19F2N/c17-13-6-14(18)8-15(7-13)19-16-11-2-9-1-10(4-11)5-12(16)3-9/h6-12,16,19H,1-5H2. The highest BCUT2D eigenvalue weighted by Crippen LogP contribution is 2.54. The van der Waals surface area contributed by atoms with Gasteiger partial charge in [-0.25, -0.2) is 8.78 Å². The van der Waals surface area contributed by atoms with Crippen molar-refractivity contribution in [1.29, 1.82) is 0 Å². The van der Waals surface area contributed by atoms with E-state index in [1.165, 1.54) is 44.2 Å². The second kappa shape index (κ2) is 4.19. The molecule has 0 spiro atoms. The zero-order valence-electron chi connectivity index (χ0n) is 10.9. The second-order valence-electron chi connectivity index (χ2n) is 6.76. The maximum absolute atomic E-state index is 13.3. The summed E-state index contributed by atoms with van der Waals surface area (Å²) in [5, 5.41) is 3.43. The van der Waals surface area contributed by atoms with Gasteiger partial charge in [0.2, 0.25) is 0 Å². The molecule has 5 rings (SSSR count). The summed E-state index contributed by atoms with van der Waals surface area (Å²) in [4.78, 5) is 0. The zero-order valence-corrected chi connectivity index (χ0v) is 10.9. The molecule has 0 amide bonds. The van der Waals surface area contributed by atoms with Crippen molar-refractivity contribution in [2.75, 3.05) is 5.32 Å². The van der Waals surface area contributed by atoms with Gasteiger partial charge in [0.05, 0.1) is 0 Å². The van der Waals surface area contributed by atoms with Gasteiger partial charge in [-0.1, -0.05) is 0 Å². The fraction of sp³-hybridized carbons (Fsp3) is 0.625. The minimum Gasteiger partial charge on any atom is -0.382 e. The smallest absolute Gasteiger partial charge is 0.128 e. The molecule has 19 heavy (non-hydrogen) atoms. The Morgan fingerprint density at radius 3 is 1.84 bits per heavy atom. The number of halogens is 2. The van der Waals surface area contributed by atoms with Crippen LogP contribution >= 0.6 is 0 Å². The molecule has 0 aromatic heterocycles. The van der Waals surface area contributed by atoms with Crippen LogP contribution in [0.1, 0.15) is 32.1 Å². The molecule has 0 atom stereocenters. The maximum atomic E-state index is 13.3. The Balaban J connectivity index is 1.56. The fourth-order valence-corrected chi connectivity index (χ4v) is 4.99. The maximum Gasteiger partial charge on any atom is 0.128 e. The lowest BCUT2D eigenvalue weighted by Gasteiger charge is -2.54. The number of rotatable bonds is 2. The molecule has 0 unspecified atom stereocenters. The van der Waals surface area contributed by atoms with E-state index in [1.54, 1.807) is 0 Å². The summed E-state index contributed by atoms with van der Waals surface area (Å²) in [5.74, 6) is 2.28. The first-order valence-electron chi connectivity index (χ1n) is 7.40.